The van der Waals surface area contributed by atoms with Crippen LogP contribution in [0.1, 0.15) is 36.6 Å². The molecule has 33 heavy (non-hydrogen) atoms. The number of anilines is 2. The second-order valence-corrected chi connectivity index (χ2v) is 11.2. The SMILES string of the molecule is Cc1cnccc1NS(=O)(=O)c1cc(-c2sc(NC(C)C3CCOCC3)nc2C)ccc1C. The summed E-state index contributed by atoms with van der Waals surface area (Å²) in [5.74, 6) is 0.560. The summed E-state index contributed by atoms with van der Waals surface area (Å²) in [5, 5.41) is 4.41. The zero-order valence-corrected chi connectivity index (χ0v) is 21.0. The van der Waals surface area contributed by atoms with Gasteiger partial charge in [0.15, 0.2) is 5.13 Å². The Hall–Kier alpha value is -2.49. The number of ether oxygens (including phenoxy) is 1. The van der Waals surface area contributed by atoms with Crippen LogP contribution in [0.2, 0.25) is 0 Å². The Labute approximate surface area is 199 Å². The molecule has 9 heteroatoms. The van der Waals surface area contributed by atoms with Crippen molar-refractivity contribution in [3.8, 4) is 10.4 Å². The third-order valence-corrected chi connectivity index (χ3v) is 8.77. The Balaban J connectivity index is 1.59. The van der Waals surface area contributed by atoms with Gasteiger partial charge >= 0.3 is 0 Å². The van der Waals surface area contributed by atoms with Gasteiger partial charge < -0.3 is 10.1 Å². The quantitative estimate of drug-likeness (QED) is 0.479. The molecule has 176 valence electrons. The topological polar surface area (TPSA) is 93.2 Å². The van der Waals surface area contributed by atoms with Gasteiger partial charge in [-0.1, -0.05) is 23.5 Å². The average Bonchev–Trinajstić information content (AvgIpc) is 3.16. The molecule has 0 spiro atoms. The number of hydrogen-bond donors (Lipinski definition) is 2. The predicted octanol–water partition coefficient (Wildman–Crippen LogP) is 5.16. The van der Waals surface area contributed by atoms with Gasteiger partial charge in [-0.05, 0) is 75.3 Å². The lowest BCUT2D eigenvalue weighted by molar-refractivity contribution is 0.0622. The summed E-state index contributed by atoms with van der Waals surface area (Å²) in [4.78, 5) is 9.97. The second-order valence-electron chi connectivity index (χ2n) is 8.59. The Morgan fingerprint density at radius 3 is 2.61 bits per heavy atom. The minimum Gasteiger partial charge on any atom is -0.381 e. The molecule has 0 radical (unpaired) electrons. The summed E-state index contributed by atoms with van der Waals surface area (Å²) in [7, 11) is -3.76. The van der Waals surface area contributed by atoms with Gasteiger partial charge in [0.1, 0.15) is 0 Å². The molecule has 1 unspecified atom stereocenters. The lowest BCUT2D eigenvalue weighted by Crippen LogP contribution is -2.30. The van der Waals surface area contributed by atoms with Crippen molar-refractivity contribution in [2.24, 2.45) is 5.92 Å². The molecular weight excluding hydrogens is 456 g/mol. The fourth-order valence-electron chi connectivity index (χ4n) is 4.07. The van der Waals surface area contributed by atoms with E-state index in [1.807, 2.05) is 26.0 Å². The van der Waals surface area contributed by atoms with Gasteiger partial charge in [-0.15, -0.1) is 0 Å². The third-order valence-electron chi connectivity index (χ3n) is 6.13. The number of aromatic nitrogens is 2. The highest BCUT2D eigenvalue weighted by molar-refractivity contribution is 7.92. The molecule has 7 nitrogen and oxygen atoms in total. The molecule has 1 fully saturated rings. The van der Waals surface area contributed by atoms with Crippen LogP contribution in [0.15, 0.2) is 41.6 Å². The minimum atomic E-state index is -3.76. The number of sulfonamides is 1. The maximum atomic E-state index is 13.2. The number of nitrogens with one attached hydrogen (secondary N) is 2. The summed E-state index contributed by atoms with van der Waals surface area (Å²) in [6.45, 7) is 9.40. The first kappa shape index (κ1) is 23.7. The lowest BCUT2D eigenvalue weighted by atomic mass is 9.93. The summed E-state index contributed by atoms with van der Waals surface area (Å²) < 4.78 is 34.6. The number of thiazole rings is 1. The van der Waals surface area contributed by atoms with E-state index in [1.165, 1.54) is 0 Å². The van der Waals surface area contributed by atoms with Crippen molar-refractivity contribution in [3.05, 3.63) is 53.5 Å². The van der Waals surface area contributed by atoms with Gasteiger partial charge in [-0.2, -0.15) is 0 Å². The molecule has 0 saturated carbocycles. The van der Waals surface area contributed by atoms with Gasteiger partial charge in [0.25, 0.3) is 10.0 Å². The lowest BCUT2D eigenvalue weighted by Gasteiger charge is -2.28. The van der Waals surface area contributed by atoms with E-state index in [0.29, 0.717) is 23.2 Å². The molecule has 2 N–H and O–H groups in total. The Bertz CT molecular complexity index is 1230. The van der Waals surface area contributed by atoms with Crippen LogP contribution in [0.3, 0.4) is 0 Å². The summed E-state index contributed by atoms with van der Waals surface area (Å²) in [6, 6.07) is 7.50. The predicted molar refractivity (Wildman–Crippen MR) is 133 cm³/mol. The molecule has 3 aromatic rings. The Morgan fingerprint density at radius 1 is 1.12 bits per heavy atom. The van der Waals surface area contributed by atoms with Gasteiger partial charge in [0.05, 0.1) is 21.2 Å². The zero-order chi connectivity index (χ0) is 23.6. The smallest absolute Gasteiger partial charge is 0.262 e. The van der Waals surface area contributed by atoms with Crippen LogP contribution in [0.4, 0.5) is 10.8 Å². The minimum absolute atomic E-state index is 0.258. The molecule has 0 aliphatic carbocycles. The van der Waals surface area contributed by atoms with Crippen LogP contribution in [0.25, 0.3) is 10.4 Å². The Kier molecular flexibility index (Phi) is 7.02. The highest BCUT2D eigenvalue weighted by atomic mass is 32.2. The molecular formula is C24H30N4O3S2. The number of nitrogens with zero attached hydrogens (tertiary/aromatic N) is 2. The fourth-order valence-corrected chi connectivity index (χ4v) is 6.53. The van der Waals surface area contributed by atoms with Crippen LogP contribution in [-0.2, 0) is 14.8 Å². The largest absolute Gasteiger partial charge is 0.381 e. The first-order valence-electron chi connectivity index (χ1n) is 11.1. The highest BCUT2D eigenvalue weighted by Crippen LogP contribution is 2.36. The van der Waals surface area contributed by atoms with Crippen molar-refractivity contribution in [2.75, 3.05) is 23.3 Å². The van der Waals surface area contributed by atoms with Crippen molar-refractivity contribution in [1.82, 2.24) is 9.97 Å². The molecule has 1 aliphatic rings. The van der Waals surface area contributed by atoms with Crippen LogP contribution in [0, 0.1) is 26.7 Å². The van der Waals surface area contributed by atoms with E-state index in [1.54, 1.807) is 42.8 Å². The van der Waals surface area contributed by atoms with Gasteiger partial charge in [-0.3, -0.25) is 9.71 Å². The Morgan fingerprint density at radius 2 is 1.88 bits per heavy atom. The van der Waals surface area contributed by atoms with E-state index in [4.69, 9.17) is 9.72 Å². The van der Waals surface area contributed by atoms with Crippen molar-refractivity contribution < 1.29 is 13.2 Å². The van der Waals surface area contributed by atoms with Gasteiger partial charge in [0.2, 0.25) is 0 Å². The van der Waals surface area contributed by atoms with Crippen LogP contribution < -0.4 is 10.0 Å². The van der Waals surface area contributed by atoms with E-state index in [9.17, 15) is 8.42 Å². The first-order valence-corrected chi connectivity index (χ1v) is 13.4. The maximum absolute atomic E-state index is 13.2. The van der Waals surface area contributed by atoms with E-state index in [0.717, 1.165) is 52.9 Å². The number of pyridine rings is 1. The maximum Gasteiger partial charge on any atom is 0.262 e. The number of rotatable bonds is 7. The van der Waals surface area contributed by atoms with E-state index in [-0.39, 0.29) is 4.90 Å². The number of benzene rings is 1. The van der Waals surface area contributed by atoms with Crippen LogP contribution in [-0.4, -0.2) is 37.6 Å². The summed E-state index contributed by atoms with van der Waals surface area (Å²) >= 11 is 1.56. The van der Waals surface area contributed by atoms with Crippen molar-refractivity contribution in [2.45, 2.75) is 51.5 Å². The summed E-state index contributed by atoms with van der Waals surface area (Å²) in [5.41, 5.74) is 3.70. The first-order chi connectivity index (χ1) is 15.7. The van der Waals surface area contributed by atoms with Gasteiger partial charge in [0, 0.05) is 31.6 Å². The normalized spacial score (nSPS) is 15.9. The third kappa shape index (κ3) is 5.37. The van der Waals surface area contributed by atoms with Crippen LogP contribution >= 0.6 is 11.3 Å². The standard InChI is InChI=1S/C24H30N4O3S2/c1-15-5-6-20(13-22(15)33(29,30)28-21-7-10-25-14-16(21)2)23-18(4)27-24(32-23)26-17(3)19-8-11-31-12-9-19/h5-7,10,13-14,17,19H,8-9,11-12H2,1-4H3,(H,25,28)(H,26,27). The van der Waals surface area contributed by atoms with E-state index in [2.05, 4.69) is 21.9 Å². The molecule has 1 aliphatic heterocycles. The number of hydrogen-bond acceptors (Lipinski definition) is 7. The van der Waals surface area contributed by atoms with Crippen molar-refractivity contribution >= 4 is 32.2 Å². The second kappa shape index (κ2) is 9.79. The average molecular weight is 487 g/mol. The fraction of sp³-hybridized carbons (Fsp3) is 0.417. The molecule has 0 bridgehead atoms. The van der Waals surface area contributed by atoms with Gasteiger partial charge in [-0.25, -0.2) is 13.4 Å². The molecule has 3 heterocycles. The van der Waals surface area contributed by atoms with Crippen LogP contribution in [0.5, 0.6) is 0 Å². The molecule has 4 rings (SSSR count). The van der Waals surface area contributed by atoms with E-state index < -0.39 is 10.0 Å². The zero-order valence-electron chi connectivity index (χ0n) is 19.4. The molecule has 0 amide bonds. The molecule has 1 aromatic carbocycles. The highest BCUT2D eigenvalue weighted by Gasteiger charge is 2.23. The summed E-state index contributed by atoms with van der Waals surface area (Å²) in [6.07, 6.45) is 5.31. The van der Waals surface area contributed by atoms with Crippen molar-refractivity contribution in [1.29, 1.82) is 0 Å². The monoisotopic (exact) mass is 486 g/mol. The molecule has 1 saturated heterocycles. The van der Waals surface area contributed by atoms with E-state index >= 15 is 0 Å². The molecule has 1 atom stereocenters. The van der Waals surface area contributed by atoms with Crippen molar-refractivity contribution in [3.63, 3.8) is 0 Å². The molecule has 2 aromatic heterocycles. The number of aryl methyl sites for hydroxylation is 3.